The Hall–Kier alpha value is -1.30. The van der Waals surface area contributed by atoms with Crippen LogP contribution in [0.3, 0.4) is 0 Å². The number of carbonyl (C=O) groups is 1. The van der Waals surface area contributed by atoms with Gasteiger partial charge < -0.3 is 15.4 Å². The summed E-state index contributed by atoms with van der Waals surface area (Å²) in [6, 6.07) is 0. The quantitative estimate of drug-likeness (QED) is 0.829. The number of hydrogen-bond acceptors (Lipinski definition) is 6. The lowest BCUT2D eigenvalue weighted by atomic mass is 9.85. The Bertz CT molecular complexity index is 429. The summed E-state index contributed by atoms with van der Waals surface area (Å²) in [5, 5.41) is 0.817. The molecule has 0 spiro atoms. The summed E-state index contributed by atoms with van der Waals surface area (Å²) >= 11 is 1.27. The molecule has 5 nitrogen and oxygen atoms in total. The molecule has 0 radical (unpaired) electrons. The molecule has 0 bridgehead atoms. The Morgan fingerprint density at radius 2 is 2.33 bits per heavy atom. The van der Waals surface area contributed by atoms with Gasteiger partial charge in [0, 0.05) is 13.6 Å². The van der Waals surface area contributed by atoms with Crippen molar-refractivity contribution in [3.8, 4) is 0 Å². The number of hydrogen-bond donors (Lipinski definition) is 1. The molecule has 1 aromatic heterocycles. The maximum Gasteiger partial charge on any atom is 0.345 e. The summed E-state index contributed by atoms with van der Waals surface area (Å²) < 4.78 is 9.09. The highest BCUT2D eigenvalue weighted by atomic mass is 32.1. The minimum atomic E-state index is -0.376. The van der Waals surface area contributed by atoms with Crippen LogP contribution in [0.5, 0.6) is 0 Å². The molecule has 1 heterocycles. The van der Waals surface area contributed by atoms with Crippen LogP contribution in [0.1, 0.15) is 36.5 Å². The zero-order chi connectivity index (χ0) is 13.1. The molecule has 1 aromatic rings. The van der Waals surface area contributed by atoms with Gasteiger partial charge in [0.2, 0.25) is 0 Å². The van der Waals surface area contributed by atoms with Crippen molar-refractivity contribution in [3.05, 3.63) is 5.56 Å². The highest BCUT2D eigenvalue weighted by Gasteiger charge is 2.26. The topological polar surface area (TPSA) is 68.5 Å². The van der Waals surface area contributed by atoms with Gasteiger partial charge in [-0.1, -0.05) is 6.42 Å². The number of nitrogens with zero attached hydrogens (tertiary/aromatic N) is 2. The molecule has 2 rings (SSSR count). The molecule has 1 saturated carbocycles. The Morgan fingerprint density at radius 1 is 1.61 bits per heavy atom. The average molecular weight is 269 g/mol. The van der Waals surface area contributed by atoms with Crippen LogP contribution in [-0.2, 0) is 4.74 Å². The van der Waals surface area contributed by atoms with Crippen molar-refractivity contribution < 1.29 is 9.53 Å². The van der Waals surface area contributed by atoms with Crippen LogP contribution in [0.2, 0.25) is 0 Å². The maximum atomic E-state index is 11.9. The van der Waals surface area contributed by atoms with E-state index in [4.69, 9.17) is 10.5 Å². The van der Waals surface area contributed by atoms with Gasteiger partial charge in [0.25, 0.3) is 0 Å². The number of ether oxygens (including phenoxy) is 1. The lowest BCUT2D eigenvalue weighted by Gasteiger charge is -2.30. The van der Waals surface area contributed by atoms with Crippen LogP contribution in [0.25, 0.3) is 0 Å². The monoisotopic (exact) mass is 269 g/mol. The molecule has 6 heteroatoms. The molecule has 1 fully saturated rings. The van der Waals surface area contributed by atoms with E-state index in [2.05, 4.69) is 9.27 Å². The SMILES string of the molecule is CCOC(=O)c1c(N)nsc1N(C)CC1CCC1. The fraction of sp³-hybridized carbons (Fsp3) is 0.667. The standard InChI is InChI=1S/C12H19N3O2S/c1-3-17-12(16)9-10(13)14-18-11(9)15(2)7-8-5-4-6-8/h8H,3-7H2,1-2H3,(H2,13,14). The third-order valence-corrected chi connectivity index (χ3v) is 4.26. The molecule has 0 atom stereocenters. The third-order valence-electron chi connectivity index (χ3n) is 3.28. The van der Waals surface area contributed by atoms with E-state index in [0.717, 1.165) is 17.5 Å². The van der Waals surface area contributed by atoms with Crippen LogP contribution >= 0.6 is 11.5 Å². The van der Waals surface area contributed by atoms with Crippen LogP contribution in [0.4, 0.5) is 10.8 Å². The van der Waals surface area contributed by atoms with Crippen molar-refractivity contribution >= 4 is 28.3 Å². The zero-order valence-electron chi connectivity index (χ0n) is 10.8. The van der Waals surface area contributed by atoms with E-state index < -0.39 is 0 Å². The summed E-state index contributed by atoms with van der Waals surface area (Å²) in [5.41, 5.74) is 6.18. The molecule has 0 aromatic carbocycles. The highest BCUT2D eigenvalue weighted by molar-refractivity contribution is 7.11. The molecule has 0 saturated heterocycles. The van der Waals surface area contributed by atoms with Crippen LogP contribution < -0.4 is 10.6 Å². The van der Waals surface area contributed by atoms with E-state index in [1.165, 1.54) is 30.8 Å². The van der Waals surface area contributed by atoms with Gasteiger partial charge in [-0.05, 0) is 37.2 Å². The largest absolute Gasteiger partial charge is 0.462 e. The predicted molar refractivity (Wildman–Crippen MR) is 73.1 cm³/mol. The zero-order valence-corrected chi connectivity index (χ0v) is 11.6. The van der Waals surface area contributed by atoms with Gasteiger partial charge in [-0.25, -0.2) is 4.79 Å². The van der Waals surface area contributed by atoms with Gasteiger partial charge in [-0.3, -0.25) is 0 Å². The first-order chi connectivity index (χ1) is 8.63. The number of nitrogen functional groups attached to an aromatic ring is 1. The second-order valence-corrected chi connectivity index (χ2v) is 5.40. The van der Waals surface area contributed by atoms with Gasteiger partial charge in [0.1, 0.15) is 10.6 Å². The number of carbonyl (C=O) groups excluding carboxylic acids is 1. The van der Waals surface area contributed by atoms with Crippen LogP contribution in [0, 0.1) is 5.92 Å². The molecule has 0 amide bonds. The van der Waals surface area contributed by atoms with Crippen molar-refractivity contribution in [1.82, 2.24) is 4.37 Å². The average Bonchev–Trinajstić information content (AvgIpc) is 2.66. The van der Waals surface area contributed by atoms with E-state index in [1.54, 1.807) is 6.92 Å². The van der Waals surface area contributed by atoms with Crippen molar-refractivity contribution in [3.63, 3.8) is 0 Å². The first-order valence-corrected chi connectivity index (χ1v) is 7.04. The van der Waals surface area contributed by atoms with E-state index >= 15 is 0 Å². The Morgan fingerprint density at radius 3 is 2.89 bits per heavy atom. The molecule has 0 aliphatic heterocycles. The fourth-order valence-corrected chi connectivity index (χ4v) is 2.86. The van der Waals surface area contributed by atoms with E-state index in [0.29, 0.717) is 12.2 Å². The second-order valence-electron chi connectivity index (χ2n) is 4.65. The van der Waals surface area contributed by atoms with Crippen molar-refractivity contribution in [2.45, 2.75) is 26.2 Å². The number of aromatic nitrogens is 1. The third kappa shape index (κ3) is 2.58. The van der Waals surface area contributed by atoms with Gasteiger partial charge in [0.15, 0.2) is 5.82 Å². The number of anilines is 2. The summed E-state index contributed by atoms with van der Waals surface area (Å²) in [6.07, 6.45) is 3.86. The van der Waals surface area contributed by atoms with Crippen molar-refractivity contribution in [2.75, 3.05) is 30.8 Å². The first-order valence-electron chi connectivity index (χ1n) is 6.26. The molecule has 18 heavy (non-hydrogen) atoms. The van der Waals surface area contributed by atoms with Gasteiger partial charge in [0.05, 0.1) is 6.61 Å². The minimum Gasteiger partial charge on any atom is -0.462 e. The van der Waals surface area contributed by atoms with Gasteiger partial charge in [-0.2, -0.15) is 4.37 Å². The molecular weight excluding hydrogens is 250 g/mol. The molecule has 0 unspecified atom stereocenters. The van der Waals surface area contributed by atoms with Gasteiger partial charge >= 0.3 is 5.97 Å². The first kappa shape index (κ1) is 13.1. The van der Waals surface area contributed by atoms with Crippen molar-refractivity contribution in [1.29, 1.82) is 0 Å². The molecule has 1 aliphatic carbocycles. The minimum absolute atomic E-state index is 0.272. The Kier molecular flexibility index (Phi) is 4.06. The molecule has 1 aliphatic rings. The number of nitrogens with two attached hydrogens (primary N) is 1. The summed E-state index contributed by atoms with van der Waals surface area (Å²) in [6.45, 7) is 3.08. The fourth-order valence-electron chi connectivity index (χ4n) is 2.09. The maximum absolute atomic E-state index is 11.9. The Labute approximate surface area is 111 Å². The van der Waals surface area contributed by atoms with E-state index in [9.17, 15) is 4.79 Å². The molecule has 2 N–H and O–H groups in total. The summed E-state index contributed by atoms with van der Waals surface area (Å²) in [4.78, 5) is 13.9. The lowest BCUT2D eigenvalue weighted by Crippen LogP contribution is -2.29. The molecular formula is C12H19N3O2S. The summed E-state index contributed by atoms with van der Waals surface area (Å²) in [5.74, 6) is 0.626. The normalized spacial score (nSPS) is 15.2. The van der Waals surface area contributed by atoms with Crippen LogP contribution in [-0.4, -0.2) is 30.5 Å². The second kappa shape index (κ2) is 5.56. The predicted octanol–water partition coefficient (Wildman–Crippen LogP) is 2.14. The van der Waals surface area contributed by atoms with E-state index in [1.807, 2.05) is 7.05 Å². The Balaban J connectivity index is 2.13. The van der Waals surface area contributed by atoms with Crippen molar-refractivity contribution in [2.24, 2.45) is 5.92 Å². The number of esters is 1. The lowest BCUT2D eigenvalue weighted by molar-refractivity contribution is 0.0528. The van der Waals surface area contributed by atoms with Crippen LogP contribution in [0.15, 0.2) is 0 Å². The molecule has 100 valence electrons. The smallest absolute Gasteiger partial charge is 0.345 e. The number of rotatable bonds is 5. The highest BCUT2D eigenvalue weighted by Crippen LogP contribution is 2.34. The van der Waals surface area contributed by atoms with Gasteiger partial charge in [-0.15, -0.1) is 0 Å². The summed E-state index contributed by atoms with van der Waals surface area (Å²) in [7, 11) is 1.98. The van der Waals surface area contributed by atoms with E-state index in [-0.39, 0.29) is 11.8 Å².